The maximum Gasteiger partial charge on any atom is 0.331 e. The van der Waals surface area contributed by atoms with Gasteiger partial charge in [-0.25, -0.2) is 4.79 Å². The molecule has 6 heteroatoms. The maximum atomic E-state index is 12.4. The van der Waals surface area contributed by atoms with Crippen molar-refractivity contribution < 1.29 is 0 Å². The molecule has 2 heterocycles. The summed E-state index contributed by atoms with van der Waals surface area (Å²) in [6.45, 7) is 4.43. The van der Waals surface area contributed by atoms with Gasteiger partial charge in [-0.15, -0.1) is 11.3 Å². The summed E-state index contributed by atoms with van der Waals surface area (Å²) in [4.78, 5) is 25.3. The lowest BCUT2D eigenvalue weighted by molar-refractivity contribution is 0.569. The number of hydrogen-bond donors (Lipinski definition) is 0. The van der Waals surface area contributed by atoms with Gasteiger partial charge in [0.2, 0.25) is 0 Å². The number of unbranched alkanes of at least 4 members (excludes halogenated alkanes) is 1. The Morgan fingerprint density at radius 3 is 2.61 bits per heavy atom. The highest BCUT2D eigenvalue weighted by molar-refractivity contribution is 9.11. The molecule has 0 fully saturated rings. The first-order valence-corrected chi connectivity index (χ1v) is 7.48. The number of halogens is 1. The molecule has 4 nitrogen and oxygen atoms in total. The van der Waals surface area contributed by atoms with Gasteiger partial charge in [0.15, 0.2) is 0 Å². The first-order chi connectivity index (χ1) is 8.49. The fourth-order valence-corrected chi connectivity index (χ4v) is 3.60. The highest BCUT2D eigenvalue weighted by Gasteiger charge is 2.16. The van der Waals surface area contributed by atoms with Crippen LogP contribution in [0.15, 0.2) is 13.4 Å². The SMILES string of the molecule is CCCCn1c(=O)c2c(C)c(Br)sc2n(C)c1=O. The average molecular weight is 331 g/mol. The summed E-state index contributed by atoms with van der Waals surface area (Å²) in [5.74, 6) is 0. The molecule has 0 spiro atoms. The van der Waals surface area contributed by atoms with E-state index in [9.17, 15) is 9.59 Å². The van der Waals surface area contributed by atoms with Crippen molar-refractivity contribution >= 4 is 37.5 Å². The summed E-state index contributed by atoms with van der Waals surface area (Å²) in [5.41, 5.74) is 0.525. The Labute approximate surface area is 117 Å². The summed E-state index contributed by atoms with van der Waals surface area (Å²) in [6, 6.07) is 0. The van der Waals surface area contributed by atoms with Crippen LogP contribution in [-0.2, 0) is 13.6 Å². The first-order valence-electron chi connectivity index (χ1n) is 5.87. The third kappa shape index (κ3) is 1.97. The molecule has 2 rings (SSSR count). The van der Waals surface area contributed by atoms with Crippen molar-refractivity contribution in [3.05, 3.63) is 30.2 Å². The lowest BCUT2D eigenvalue weighted by Crippen LogP contribution is -2.38. The minimum absolute atomic E-state index is 0.166. The van der Waals surface area contributed by atoms with Gasteiger partial charge in [0.1, 0.15) is 4.83 Å². The van der Waals surface area contributed by atoms with Crippen LogP contribution in [0.2, 0.25) is 0 Å². The summed E-state index contributed by atoms with van der Waals surface area (Å²) in [5, 5.41) is 0.657. The highest BCUT2D eigenvalue weighted by atomic mass is 79.9. The van der Waals surface area contributed by atoms with Gasteiger partial charge >= 0.3 is 5.69 Å². The van der Waals surface area contributed by atoms with E-state index in [-0.39, 0.29) is 11.2 Å². The van der Waals surface area contributed by atoms with Crippen LogP contribution in [0, 0.1) is 6.92 Å². The standard InChI is InChI=1S/C12H15BrN2O2S/c1-4-5-6-15-10(16)8-7(2)9(13)18-11(8)14(3)12(15)17/h4-6H2,1-3H3. The number of thiophene rings is 1. The molecule has 18 heavy (non-hydrogen) atoms. The molecule has 0 aliphatic heterocycles. The van der Waals surface area contributed by atoms with Crippen LogP contribution >= 0.6 is 27.3 Å². The van der Waals surface area contributed by atoms with Crippen molar-refractivity contribution in [2.45, 2.75) is 33.2 Å². The van der Waals surface area contributed by atoms with Crippen LogP contribution in [0.5, 0.6) is 0 Å². The number of aromatic nitrogens is 2. The fraction of sp³-hybridized carbons (Fsp3) is 0.500. The number of hydrogen-bond acceptors (Lipinski definition) is 3. The van der Waals surface area contributed by atoms with E-state index in [1.165, 1.54) is 15.9 Å². The molecule has 2 aromatic rings. The lowest BCUT2D eigenvalue weighted by atomic mass is 10.2. The number of aryl methyl sites for hydroxylation is 2. The zero-order valence-electron chi connectivity index (χ0n) is 10.6. The summed E-state index contributed by atoms with van der Waals surface area (Å²) in [6.07, 6.45) is 1.80. The van der Waals surface area contributed by atoms with Crippen LogP contribution in [0.25, 0.3) is 10.2 Å². The number of rotatable bonds is 3. The third-order valence-electron chi connectivity index (χ3n) is 3.09. The zero-order chi connectivity index (χ0) is 13.4. The van der Waals surface area contributed by atoms with Crippen molar-refractivity contribution in [1.29, 1.82) is 0 Å². The predicted molar refractivity (Wildman–Crippen MR) is 78.7 cm³/mol. The highest BCUT2D eigenvalue weighted by Crippen LogP contribution is 2.31. The monoisotopic (exact) mass is 330 g/mol. The molecule has 2 aromatic heterocycles. The van der Waals surface area contributed by atoms with Gasteiger partial charge in [0.25, 0.3) is 5.56 Å². The predicted octanol–water partition coefficient (Wildman–Crippen LogP) is 2.63. The molecular weight excluding hydrogens is 316 g/mol. The molecule has 0 atom stereocenters. The number of nitrogens with zero attached hydrogens (tertiary/aromatic N) is 2. The van der Waals surface area contributed by atoms with Crippen molar-refractivity contribution in [3.8, 4) is 0 Å². The Kier molecular flexibility index (Phi) is 3.77. The minimum Gasteiger partial charge on any atom is -0.287 e. The van der Waals surface area contributed by atoms with E-state index in [4.69, 9.17) is 0 Å². The normalized spacial score (nSPS) is 11.3. The molecule has 0 unspecified atom stereocenters. The molecule has 0 saturated heterocycles. The smallest absolute Gasteiger partial charge is 0.287 e. The molecule has 0 bridgehead atoms. The summed E-state index contributed by atoms with van der Waals surface area (Å²) >= 11 is 4.87. The molecule has 0 saturated carbocycles. The van der Waals surface area contributed by atoms with Crippen molar-refractivity contribution in [2.75, 3.05) is 0 Å². The van der Waals surface area contributed by atoms with Crippen LogP contribution in [0.4, 0.5) is 0 Å². The maximum absolute atomic E-state index is 12.4. The first kappa shape index (κ1) is 13.5. The van der Waals surface area contributed by atoms with E-state index in [1.54, 1.807) is 11.6 Å². The Balaban J connectivity index is 2.85. The Morgan fingerprint density at radius 2 is 2.00 bits per heavy atom. The molecule has 0 aliphatic rings. The van der Waals surface area contributed by atoms with Gasteiger partial charge in [0, 0.05) is 13.6 Å². The van der Waals surface area contributed by atoms with Crippen LogP contribution < -0.4 is 11.2 Å². The molecule has 0 radical (unpaired) electrons. The van der Waals surface area contributed by atoms with Crippen molar-refractivity contribution in [2.24, 2.45) is 7.05 Å². The van der Waals surface area contributed by atoms with Gasteiger partial charge in [-0.2, -0.15) is 0 Å². The van der Waals surface area contributed by atoms with Crippen LogP contribution in [0.1, 0.15) is 25.3 Å². The molecule has 98 valence electrons. The average Bonchev–Trinajstić information content (AvgIpc) is 2.64. The lowest BCUT2D eigenvalue weighted by Gasteiger charge is -2.07. The Bertz CT molecular complexity index is 711. The molecule has 0 amide bonds. The van der Waals surface area contributed by atoms with E-state index in [0.717, 1.165) is 27.0 Å². The van der Waals surface area contributed by atoms with Gasteiger partial charge in [-0.05, 0) is 34.8 Å². The van der Waals surface area contributed by atoms with E-state index in [0.29, 0.717) is 11.9 Å². The second kappa shape index (κ2) is 5.01. The Hall–Kier alpha value is -0.880. The fourth-order valence-electron chi connectivity index (χ4n) is 1.96. The van der Waals surface area contributed by atoms with Gasteiger partial charge in [-0.1, -0.05) is 13.3 Å². The molecular formula is C12H15BrN2O2S. The topological polar surface area (TPSA) is 44.0 Å². The Morgan fingerprint density at radius 1 is 1.33 bits per heavy atom. The second-order valence-corrected chi connectivity index (χ2v) is 6.65. The van der Waals surface area contributed by atoms with Gasteiger partial charge in [-0.3, -0.25) is 13.9 Å². The quantitative estimate of drug-likeness (QED) is 0.868. The molecule has 0 aliphatic carbocycles. The van der Waals surface area contributed by atoms with Crippen molar-refractivity contribution in [3.63, 3.8) is 0 Å². The largest absolute Gasteiger partial charge is 0.331 e. The third-order valence-corrected chi connectivity index (χ3v) is 5.32. The van der Waals surface area contributed by atoms with Crippen LogP contribution in [-0.4, -0.2) is 9.13 Å². The van der Waals surface area contributed by atoms with Crippen molar-refractivity contribution in [1.82, 2.24) is 9.13 Å². The zero-order valence-corrected chi connectivity index (χ0v) is 13.0. The van der Waals surface area contributed by atoms with E-state index in [2.05, 4.69) is 15.9 Å². The van der Waals surface area contributed by atoms with Gasteiger partial charge < -0.3 is 0 Å². The van der Waals surface area contributed by atoms with Gasteiger partial charge in [0.05, 0.1) is 9.17 Å². The minimum atomic E-state index is -0.227. The summed E-state index contributed by atoms with van der Waals surface area (Å²) < 4.78 is 3.82. The number of fused-ring (bicyclic) bond motifs is 1. The van der Waals surface area contributed by atoms with Crippen LogP contribution in [0.3, 0.4) is 0 Å². The summed E-state index contributed by atoms with van der Waals surface area (Å²) in [7, 11) is 1.72. The molecule has 0 N–H and O–H groups in total. The van der Waals surface area contributed by atoms with E-state index >= 15 is 0 Å². The van der Waals surface area contributed by atoms with E-state index in [1.807, 2.05) is 13.8 Å². The van der Waals surface area contributed by atoms with E-state index < -0.39 is 0 Å². The molecule has 0 aromatic carbocycles. The second-order valence-electron chi connectivity index (χ2n) is 4.33.